The SMILES string of the molecule is Cn1nccc1-c1cccc2cc(C(=O)NCCSc3cn[nH]n3)ccc12. The van der Waals surface area contributed by atoms with Crippen LogP contribution in [0.15, 0.2) is 59.9 Å². The first-order valence-corrected chi connectivity index (χ1v) is 9.49. The Morgan fingerprint density at radius 1 is 1.26 bits per heavy atom. The van der Waals surface area contributed by atoms with Crippen LogP contribution in [0.5, 0.6) is 0 Å². The lowest BCUT2D eigenvalue weighted by atomic mass is 10.00. The molecular weight excluding hydrogens is 360 g/mol. The minimum atomic E-state index is -0.0800. The molecule has 2 aromatic carbocycles. The molecule has 0 radical (unpaired) electrons. The van der Waals surface area contributed by atoms with Crippen molar-refractivity contribution in [3.63, 3.8) is 0 Å². The number of aromatic nitrogens is 5. The lowest BCUT2D eigenvalue weighted by molar-refractivity contribution is 0.0956. The molecule has 4 aromatic rings. The van der Waals surface area contributed by atoms with E-state index in [-0.39, 0.29) is 5.91 Å². The van der Waals surface area contributed by atoms with E-state index in [4.69, 9.17) is 0 Å². The zero-order valence-corrected chi connectivity index (χ0v) is 15.5. The summed E-state index contributed by atoms with van der Waals surface area (Å²) in [4.78, 5) is 12.4. The predicted molar refractivity (Wildman–Crippen MR) is 106 cm³/mol. The number of fused-ring (bicyclic) bond motifs is 1. The number of nitrogens with zero attached hydrogens (tertiary/aromatic N) is 4. The number of benzene rings is 2. The Balaban J connectivity index is 1.48. The Bertz CT molecular complexity index is 1070. The molecule has 27 heavy (non-hydrogen) atoms. The number of carbonyl (C=O) groups is 1. The van der Waals surface area contributed by atoms with E-state index >= 15 is 0 Å². The highest BCUT2D eigenvalue weighted by atomic mass is 32.2. The quantitative estimate of drug-likeness (QED) is 0.398. The molecule has 0 atom stereocenters. The number of aromatic amines is 1. The van der Waals surface area contributed by atoms with Crippen molar-refractivity contribution >= 4 is 28.4 Å². The number of thioether (sulfide) groups is 1. The molecule has 0 spiro atoms. The molecule has 136 valence electrons. The van der Waals surface area contributed by atoms with Crippen LogP contribution in [0.1, 0.15) is 10.4 Å². The summed E-state index contributed by atoms with van der Waals surface area (Å²) >= 11 is 1.54. The Morgan fingerprint density at radius 2 is 2.19 bits per heavy atom. The van der Waals surface area contributed by atoms with Crippen LogP contribution < -0.4 is 5.32 Å². The molecule has 0 saturated carbocycles. The summed E-state index contributed by atoms with van der Waals surface area (Å²) in [5.74, 6) is 0.653. The normalized spacial score (nSPS) is 11.0. The van der Waals surface area contributed by atoms with Gasteiger partial charge in [0.05, 0.1) is 11.9 Å². The van der Waals surface area contributed by atoms with Gasteiger partial charge in [0, 0.05) is 36.7 Å². The fourth-order valence-electron chi connectivity index (χ4n) is 2.97. The average Bonchev–Trinajstić information content (AvgIpc) is 3.35. The molecule has 0 fully saturated rings. The molecule has 0 aliphatic heterocycles. The second kappa shape index (κ2) is 7.63. The van der Waals surface area contributed by atoms with Gasteiger partial charge >= 0.3 is 0 Å². The van der Waals surface area contributed by atoms with Crippen molar-refractivity contribution in [2.24, 2.45) is 7.05 Å². The molecule has 0 saturated heterocycles. The largest absolute Gasteiger partial charge is 0.351 e. The third-order valence-corrected chi connectivity index (χ3v) is 5.17. The van der Waals surface area contributed by atoms with Crippen LogP contribution in [0, 0.1) is 0 Å². The highest BCUT2D eigenvalue weighted by molar-refractivity contribution is 7.99. The molecule has 0 aliphatic rings. The monoisotopic (exact) mass is 378 g/mol. The molecule has 8 heteroatoms. The molecule has 2 aromatic heterocycles. The smallest absolute Gasteiger partial charge is 0.251 e. The average molecular weight is 378 g/mol. The second-order valence-electron chi connectivity index (χ2n) is 5.99. The van der Waals surface area contributed by atoms with E-state index in [1.807, 2.05) is 48.1 Å². The highest BCUT2D eigenvalue weighted by Crippen LogP contribution is 2.28. The van der Waals surface area contributed by atoms with Crippen LogP contribution >= 0.6 is 11.8 Å². The van der Waals surface area contributed by atoms with Crippen LogP contribution in [0.25, 0.3) is 22.0 Å². The standard InChI is InChI=1S/C19H18N6OS/c1-25-17(7-8-22-25)16-4-2-3-13-11-14(5-6-15(13)16)19(26)20-9-10-27-18-12-21-24-23-18/h2-8,11-12H,9-10H2,1H3,(H,20,26)(H,21,23,24). The molecule has 4 rings (SSSR count). The van der Waals surface area contributed by atoms with Crippen molar-refractivity contribution in [3.8, 4) is 11.3 Å². The number of amides is 1. The van der Waals surface area contributed by atoms with Gasteiger partial charge in [0.25, 0.3) is 5.91 Å². The van der Waals surface area contributed by atoms with Crippen LogP contribution in [-0.2, 0) is 7.05 Å². The maximum Gasteiger partial charge on any atom is 0.251 e. The van der Waals surface area contributed by atoms with Crippen molar-refractivity contribution in [1.82, 2.24) is 30.5 Å². The van der Waals surface area contributed by atoms with Crippen molar-refractivity contribution in [3.05, 3.63) is 60.4 Å². The van der Waals surface area contributed by atoms with E-state index in [0.717, 1.165) is 32.8 Å². The van der Waals surface area contributed by atoms with Crippen LogP contribution in [0.3, 0.4) is 0 Å². The van der Waals surface area contributed by atoms with Gasteiger partial charge in [0.1, 0.15) is 5.03 Å². The number of hydrogen-bond acceptors (Lipinski definition) is 5. The molecule has 0 unspecified atom stereocenters. The molecule has 2 heterocycles. The van der Waals surface area contributed by atoms with Gasteiger partial charge in [-0.1, -0.05) is 24.3 Å². The summed E-state index contributed by atoms with van der Waals surface area (Å²) in [5, 5.41) is 20.4. The number of H-pyrrole nitrogens is 1. The number of nitrogens with one attached hydrogen (secondary N) is 2. The van der Waals surface area contributed by atoms with Gasteiger partial charge in [0.2, 0.25) is 0 Å². The summed E-state index contributed by atoms with van der Waals surface area (Å²) in [6.45, 7) is 0.559. The highest BCUT2D eigenvalue weighted by Gasteiger charge is 2.10. The van der Waals surface area contributed by atoms with Gasteiger partial charge in [-0.2, -0.15) is 15.4 Å². The zero-order valence-electron chi connectivity index (χ0n) is 14.7. The van der Waals surface area contributed by atoms with Crippen molar-refractivity contribution in [2.75, 3.05) is 12.3 Å². The molecule has 1 amide bonds. The summed E-state index contributed by atoms with van der Waals surface area (Å²) in [6, 6.07) is 13.9. The molecular formula is C19H18N6OS. The Kier molecular flexibility index (Phi) is 4.88. The topological polar surface area (TPSA) is 88.5 Å². The van der Waals surface area contributed by atoms with Crippen LogP contribution in [0.4, 0.5) is 0 Å². The van der Waals surface area contributed by atoms with E-state index in [1.165, 1.54) is 0 Å². The lowest BCUT2D eigenvalue weighted by Crippen LogP contribution is -2.25. The van der Waals surface area contributed by atoms with E-state index in [0.29, 0.717) is 12.1 Å². The number of hydrogen-bond donors (Lipinski definition) is 2. The van der Waals surface area contributed by atoms with E-state index in [9.17, 15) is 4.79 Å². The van der Waals surface area contributed by atoms with E-state index in [2.05, 4.69) is 31.9 Å². The van der Waals surface area contributed by atoms with Crippen LogP contribution in [-0.4, -0.2) is 43.4 Å². The van der Waals surface area contributed by atoms with E-state index < -0.39 is 0 Å². The first-order valence-electron chi connectivity index (χ1n) is 8.50. The fraction of sp³-hybridized carbons (Fsp3) is 0.158. The van der Waals surface area contributed by atoms with E-state index in [1.54, 1.807) is 24.2 Å². The maximum atomic E-state index is 12.4. The molecule has 0 aliphatic carbocycles. The van der Waals surface area contributed by atoms with Gasteiger partial charge in [0.15, 0.2) is 0 Å². The number of rotatable bonds is 6. The summed E-state index contributed by atoms with van der Waals surface area (Å²) in [7, 11) is 1.92. The predicted octanol–water partition coefficient (Wildman–Crippen LogP) is 2.88. The molecule has 2 N–H and O–H groups in total. The van der Waals surface area contributed by atoms with Crippen molar-refractivity contribution < 1.29 is 4.79 Å². The van der Waals surface area contributed by atoms with Crippen molar-refractivity contribution in [2.45, 2.75) is 5.03 Å². The van der Waals surface area contributed by atoms with Crippen molar-refractivity contribution in [1.29, 1.82) is 0 Å². The first-order chi connectivity index (χ1) is 13.2. The minimum Gasteiger partial charge on any atom is -0.351 e. The fourth-order valence-corrected chi connectivity index (χ4v) is 3.62. The summed E-state index contributed by atoms with van der Waals surface area (Å²) < 4.78 is 1.85. The third-order valence-electron chi connectivity index (χ3n) is 4.27. The zero-order chi connectivity index (χ0) is 18.6. The second-order valence-corrected chi connectivity index (χ2v) is 7.11. The Morgan fingerprint density at radius 3 is 2.96 bits per heavy atom. The molecule has 0 bridgehead atoms. The van der Waals surface area contributed by atoms with Gasteiger partial charge in [-0.05, 0) is 29.0 Å². The van der Waals surface area contributed by atoms with Gasteiger partial charge in [-0.15, -0.1) is 16.9 Å². The maximum absolute atomic E-state index is 12.4. The number of aryl methyl sites for hydroxylation is 1. The lowest BCUT2D eigenvalue weighted by Gasteiger charge is -2.09. The summed E-state index contributed by atoms with van der Waals surface area (Å²) in [5.41, 5.74) is 2.79. The Labute approximate surface area is 160 Å². The van der Waals surface area contributed by atoms with Crippen LogP contribution in [0.2, 0.25) is 0 Å². The first kappa shape index (κ1) is 17.3. The third kappa shape index (κ3) is 3.70. The van der Waals surface area contributed by atoms with Gasteiger partial charge < -0.3 is 5.32 Å². The number of carbonyl (C=O) groups excluding carboxylic acids is 1. The molecule has 7 nitrogen and oxygen atoms in total. The van der Waals surface area contributed by atoms with Gasteiger partial charge in [-0.25, -0.2) is 0 Å². The van der Waals surface area contributed by atoms with Gasteiger partial charge in [-0.3, -0.25) is 9.48 Å². The summed E-state index contributed by atoms with van der Waals surface area (Å²) in [6.07, 6.45) is 3.45. The minimum absolute atomic E-state index is 0.0800. The Hall–Kier alpha value is -3.13.